The molecular weight excluding hydrogens is 1060 g/mol. The van der Waals surface area contributed by atoms with Crippen molar-refractivity contribution in [3.63, 3.8) is 0 Å². The molecule has 6 heterocycles. The molecule has 2 aromatic heterocycles. The molecule has 4 saturated heterocycles. The van der Waals surface area contributed by atoms with Gasteiger partial charge in [-0.3, -0.25) is 0 Å². The van der Waals surface area contributed by atoms with Crippen LogP contribution < -0.4 is 39.7 Å². The van der Waals surface area contributed by atoms with Crippen LogP contribution in [0.2, 0.25) is 0 Å². The minimum Gasteiger partial charge on any atom is -0.493 e. The van der Waals surface area contributed by atoms with Gasteiger partial charge in [0.15, 0.2) is 0 Å². The molecule has 6 aromatic carbocycles. The number of carbonyl (C=O) groups excluding carboxylic acids is 1. The van der Waals surface area contributed by atoms with Gasteiger partial charge < -0.3 is 49.2 Å². The van der Waals surface area contributed by atoms with Crippen molar-refractivity contribution >= 4 is 40.2 Å². The van der Waals surface area contributed by atoms with Crippen molar-refractivity contribution in [1.82, 2.24) is 29.5 Å². The summed E-state index contributed by atoms with van der Waals surface area (Å²) in [4.78, 5) is 30.5. The van der Waals surface area contributed by atoms with Gasteiger partial charge in [-0.25, -0.2) is 41.7 Å². The number of ether oxygens (including phenoxy) is 4. The highest BCUT2D eigenvalue weighted by Crippen LogP contribution is 2.44. The zero-order chi connectivity index (χ0) is 56.0. The first-order valence-electron chi connectivity index (χ1n) is 27.6. The topological polar surface area (TPSA) is 152 Å². The lowest BCUT2D eigenvalue weighted by molar-refractivity contribution is -0.0209. The predicted molar refractivity (Wildman–Crippen MR) is 302 cm³/mol. The smallest absolute Gasteiger partial charge is 0.323 e. The molecule has 17 nitrogen and oxygen atoms in total. The van der Waals surface area contributed by atoms with Gasteiger partial charge in [0.25, 0.3) is 0 Å². The van der Waals surface area contributed by atoms with Crippen molar-refractivity contribution in [3.05, 3.63) is 193 Å². The summed E-state index contributed by atoms with van der Waals surface area (Å²) in [6.45, 7) is 8.58. The quantitative estimate of drug-likeness (QED) is 0.0786. The fourth-order valence-electron chi connectivity index (χ4n) is 11.8. The van der Waals surface area contributed by atoms with Gasteiger partial charge in [0.1, 0.15) is 71.3 Å². The molecule has 4 fully saturated rings. The fourth-order valence-corrected chi connectivity index (χ4v) is 11.8. The van der Waals surface area contributed by atoms with E-state index in [0.29, 0.717) is 50.6 Å². The van der Waals surface area contributed by atoms with Crippen LogP contribution in [0.25, 0.3) is 0 Å². The molecule has 0 bridgehead atoms. The highest BCUT2D eigenvalue weighted by Gasteiger charge is 2.46. The Hall–Kier alpha value is -8.69. The maximum absolute atomic E-state index is 15.1. The summed E-state index contributed by atoms with van der Waals surface area (Å²) < 4.78 is 86.0. The molecular formula is C61H62F4N12O5. The summed E-state index contributed by atoms with van der Waals surface area (Å²) in [5.74, 6) is -1.20. The van der Waals surface area contributed by atoms with Gasteiger partial charge in [0.05, 0.1) is 39.5 Å². The van der Waals surface area contributed by atoms with Gasteiger partial charge in [-0.2, -0.15) is 10.2 Å². The third-order valence-electron chi connectivity index (χ3n) is 16.0. The molecule has 0 saturated carbocycles. The molecule has 4 aliphatic heterocycles. The highest BCUT2D eigenvalue weighted by molar-refractivity contribution is 6.00. The van der Waals surface area contributed by atoms with Crippen LogP contribution in [-0.4, -0.2) is 114 Å². The van der Waals surface area contributed by atoms with E-state index in [1.54, 1.807) is 22.0 Å². The SMILES string of the molecule is O=C(Nc1ccc(N2CCN(c3ccc(OC[C@@H]4CO[C@@](Cn5cncn5)(c5ccc(F)cc5F)C4)cc3)CC2)cc1)Nc1ccc(N2CCN(c3ccc(OC[C@@H]4CO[C@@](Cn5cncn5)(c5ccc(F)cc5F)C4)cc3)CC2)cc1. The van der Waals surface area contributed by atoms with Crippen LogP contribution in [-0.2, 0) is 33.8 Å². The standard InChI is InChI=1S/C61H62F4N12O5/c62-45-1-19-55(57(64)29-45)60(37-76-41-66-39-68-76)31-43(35-81-60)33-79-53-15-11-51(12-16-53)74-25-21-72(22-26-74)49-7-3-47(4-8-49)70-59(78)71-48-5-9-50(10-6-48)73-23-27-75(28-24-73)52-13-17-54(18-14-52)80-34-44-32-61(82-36-44,38-77-42-67-40-69-77)56-20-2-46(63)30-58(56)65/h1-20,29-30,39-44H,21-28,31-38H2,(H2,70,71,78)/t43-,44-,60+,61+/m1/s1. The van der Waals surface area contributed by atoms with Crippen LogP contribution in [0.4, 0.5) is 56.5 Å². The monoisotopic (exact) mass is 1120 g/mol. The van der Waals surface area contributed by atoms with Crippen LogP contribution in [0.5, 0.6) is 11.5 Å². The summed E-state index contributed by atoms with van der Waals surface area (Å²) in [7, 11) is 0. The van der Waals surface area contributed by atoms with E-state index in [1.807, 2.05) is 72.8 Å². The molecule has 0 unspecified atom stereocenters. The fraction of sp³-hybridized carbons (Fsp3) is 0.328. The first-order valence-corrected chi connectivity index (χ1v) is 27.6. The van der Waals surface area contributed by atoms with Gasteiger partial charge in [-0.15, -0.1) is 0 Å². The number of hydrogen-bond acceptors (Lipinski definition) is 13. The van der Waals surface area contributed by atoms with Crippen LogP contribution in [0.1, 0.15) is 24.0 Å². The minimum atomic E-state index is -1.04. The first-order chi connectivity index (χ1) is 40.0. The second-order valence-corrected chi connectivity index (χ2v) is 21.4. The number of benzene rings is 6. The van der Waals surface area contributed by atoms with Gasteiger partial charge in [0, 0.05) is 122 Å². The Labute approximate surface area is 472 Å². The number of rotatable bonds is 18. The normalized spacial score (nSPS) is 21.0. The third-order valence-corrected chi connectivity index (χ3v) is 16.0. The Balaban J connectivity index is 0.551. The average Bonchev–Trinajstić information content (AvgIpc) is 4.49. The Morgan fingerprint density at radius 3 is 1.18 bits per heavy atom. The van der Waals surface area contributed by atoms with Gasteiger partial charge in [0.2, 0.25) is 0 Å². The van der Waals surface area contributed by atoms with E-state index >= 15 is 8.78 Å². The Kier molecular flexibility index (Phi) is 15.6. The maximum Gasteiger partial charge on any atom is 0.323 e. The van der Waals surface area contributed by atoms with E-state index in [4.69, 9.17) is 18.9 Å². The number of nitrogens with zero attached hydrogens (tertiary/aromatic N) is 10. The number of aromatic nitrogens is 6. The lowest BCUT2D eigenvalue weighted by Crippen LogP contribution is -2.46. The molecule has 12 rings (SSSR count). The van der Waals surface area contributed by atoms with E-state index in [0.717, 1.165) is 98.7 Å². The van der Waals surface area contributed by atoms with Crippen LogP contribution in [0, 0.1) is 35.1 Å². The van der Waals surface area contributed by atoms with Gasteiger partial charge in [-0.05, 0) is 122 Å². The number of amides is 2. The van der Waals surface area contributed by atoms with E-state index in [9.17, 15) is 13.6 Å². The molecule has 424 valence electrons. The van der Waals surface area contributed by atoms with Crippen LogP contribution >= 0.6 is 0 Å². The van der Waals surface area contributed by atoms with E-state index in [2.05, 4.69) is 74.7 Å². The third kappa shape index (κ3) is 12.3. The number of carbonyl (C=O) groups is 1. The Morgan fingerprint density at radius 1 is 0.500 bits per heavy atom. The lowest BCUT2D eigenvalue weighted by atomic mass is 9.87. The summed E-state index contributed by atoms with van der Waals surface area (Å²) in [6, 6.07) is 38.8. The lowest BCUT2D eigenvalue weighted by Gasteiger charge is -2.37. The summed E-state index contributed by atoms with van der Waals surface area (Å²) >= 11 is 0. The van der Waals surface area contributed by atoms with Crippen molar-refractivity contribution in [1.29, 1.82) is 0 Å². The molecule has 0 spiro atoms. The second-order valence-electron chi connectivity index (χ2n) is 21.4. The molecule has 2 amide bonds. The Morgan fingerprint density at radius 2 is 0.854 bits per heavy atom. The summed E-state index contributed by atoms with van der Waals surface area (Å²) in [6.07, 6.45) is 6.88. The molecule has 0 aliphatic carbocycles. The number of piperazine rings is 2. The molecule has 4 aliphatic rings. The Bertz CT molecular complexity index is 3180. The van der Waals surface area contributed by atoms with Gasteiger partial charge >= 0.3 is 6.03 Å². The van der Waals surface area contributed by atoms with Crippen molar-refractivity contribution in [2.75, 3.05) is 109 Å². The molecule has 82 heavy (non-hydrogen) atoms. The number of hydrogen-bond donors (Lipinski definition) is 2. The minimum absolute atomic E-state index is 0.0286. The first kappa shape index (κ1) is 53.9. The van der Waals surface area contributed by atoms with E-state index < -0.39 is 34.5 Å². The van der Waals surface area contributed by atoms with Gasteiger partial charge in [-0.1, -0.05) is 12.1 Å². The predicted octanol–water partition coefficient (Wildman–Crippen LogP) is 9.75. The molecule has 21 heteroatoms. The maximum atomic E-state index is 15.1. The number of anilines is 6. The van der Waals surface area contributed by atoms with E-state index in [-0.39, 0.29) is 42.1 Å². The molecule has 4 atom stereocenters. The van der Waals surface area contributed by atoms with E-state index in [1.165, 1.54) is 36.9 Å². The zero-order valence-corrected chi connectivity index (χ0v) is 45.0. The summed E-state index contributed by atoms with van der Waals surface area (Å²) in [5, 5.41) is 14.3. The summed E-state index contributed by atoms with van der Waals surface area (Å²) in [5.41, 5.74) is 4.26. The molecule has 8 aromatic rings. The van der Waals surface area contributed by atoms with Crippen molar-refractivity contribution < 1.29 is 41.3 Å². The number of urea groups is 1. The largest absolute Gasteiger partial charge is 0.493 e. The van der Waals surface area contributed by atoms with Crippen LogP contribution in [0.3, 0.4) is 0 Å². The second kappa shape index (κ2) is 23.8. The van der Waals surface area contributed by atoms with Crippen molar-refractivity contribution in [2.45, 2.75) is 37.1 Å². The molecule has 2 N–H and O–H groups in total. The molecule has 0 radical (unpaired) electrons. The van der Waals surface area contributed by atoms with Crippen molar-refractivity contribution in [3.8, 4) is 11.5 Å². The zero-order valence-electron chi connectivity index (χ0n) is 45.0. The van der Waals surface area contributed by atoms with Crippen molar-refractivity contribution in [2.24, 2.45) is 11.8 Å². The number of nitrogens with one attached hydrogen (secondary N) is 2. The number of halogens is 4. The van der Waals surface area contributed by atoms with Crippen LogP contribution in [0.15, 0.2) is 159 Å². The average molecular weight is 1120 g/mol. The highest BCUT2D eigenvalue weighted by atomic mass is 19.1.